The minimum Gasteiger partial charge on any atom is -0.379 e. The molecule has 118 valence electrons. The monoisotopic (exact) mass is 321 g/mol. The summed E-state index contributed by atoms with van der Waals surface area (Å²) in [4.78, 5) is 17.8. The number of rotatable bonds is 4. The van der Waals surface area contributed by atoms with Crippen LogP contribution in [0.5, 0.6) is 0 Å². The second-order valence-electron chi connectivity index (χ2n) is 5.52. The molecule has 2 aromatic rings. The Hall–Kier alpha value is -1.56. The molecule has 6 heteroatoms. The number of aromatic nitrogens is 1. The van der Waals surface area contributed by atoms with Crippen LogP contribution in [-0.2, 0) is 4.74 Å². The lowest BCUT2D eigenvalue weighted by atomic mass is 10.1. The van der Waals surface area contributed by atoms with Crippen molar-refractivity contribution in [3.05, 3.63) is 34.5 Å². The van der Waals surface area contributed by atoms with Gasteiger partial charge in [0.05, 0.1) is 13.2 Å². The first-order valence-corrected chi connectivity index (χ1v) is 7.89. The van der Waals surface area contributed by atoms with E-state index in [4.69, 9.17) is 16.3 Å². The third kappa shape index (κ3) is 3.27. The van der Waals surface area contributed by atoms with Crippen molar-refractivity contribution >= 4 is 28.4 Å². The van der Waals surface area contributed by atoms with Crippen molar-refractivity contribution in [3.8, 4) is 0 Å². The summed E-state index contributed by atoms with van der Waals surface area (Å²) in [5, 5.41) is 4.67. The second kappa shape index (κ2) is 6.69. The van der Waals surface area contributed by atoms with Crippen molar-refractivity contribution in [2.24, 2.45) is 0 Å². The average molecular weight is 322 g/mol. The molecule has 1 saturated heterocycles. The number of aromatic amines is 1. The Labute approximate surface area is 134 Å². The van der Waals surface area contributed by atoms with Crippen LogP contribution < -0.4 is 5.32 Å². The van der Waals surface area contributed by atoms with Crippen LogP contribution in [0.4, 0.5) is 0 Å². The van der Waals surface area contributed by atoms with Gasteiger partial charge in [0.15, 0.2) is 0 Å². The highest BCUT2D eigenvalue weighted by Gasteiger charge is 2.15. The Kier molecular flexibility index (Phi) is 4.66. The van der Waals surface area contributed by atoms with Crippen molar-refractivity contribution < 1.29 is 9.53 Å². The average Bonchev–Trinajstić information content (AvgIpc) is 2.84. The lowest BCUT2D eigenvalue weighted by Gasteiger charge is -2.26. The maximum absolute atomic E-state index is 12.3. The number of nitrogens with zero attached hydrogens (tertiary/aromatic N) is 1. The van der Waals surface area contributed by atoms with Gasteiger partial charge in [-0.05, 0) is 24.6 Å². The third-order valence-electron chi connectivity index (χ3n) is 4.06. The van der Waals surface area contributed by atoms with Crippen molar-refractivity contribution in [1.82, 2.24) is 15.2 Å². The van der Waals surface area contributed by atoms with Gasteiger partial charge in [-0.25, -0.2) is 0 Å². The zero-order valence-corrected chi connectivity index (χ0v) is 13.4. The fourth-order valence-electron chi connectivity index (χ4n) is 2.78. The molecule has 22 heavy (non-hydrogen) atoms. The number of hydrogen-bond donors (Lipinski definition) is 2. The van der Waals surface area contributed by atoms with Crippen molar-refractivity contribution in [1.29, 1.82) is 0 Å². The highest BCUT2D eigenvalue weighted by molar-refractivity contribution is 6.31. The molecule has 0 aliphatic carbocycles. The van der Waals surface area contributed by atoms with Gasteiger partial charge in [0.1, 0.15) is 5.69 Å². The zero-order valence-electron chi connectivity index (χ0n) is 12.6. The van der Waals surface area contributed by atoms with E-state index in [1.54, 1.807) is 0 Å². The Balaban J connectivity index is 1.63. The molecule has 5 nitrogen and oxygen atoms in total. The van der Waals surface area contributed by atoms with E-state index in [2.05, 4.69) is 15.2 Å². The molecule has 0 spiro atoms. The van der Waals surface area contributed by atoms with E-state index >= 15 is 0 Å². The molecule has 2 heterocycles. The molecule has 1 aliphatic heterocycles. The number of ether oxygens (including phenoxy) is 1. The van der Waals surface area contributed by atoms with Crippen LogP contribution in [0.25, 0.3) is 10.9 Å². The van der Waals surface area contributed by atoms with Crippen LogP contribution in [0.3, 0.4) is 0 Å². The van der Waals surface area contributed by atoms with Crippen LogP contribution in [0.1, 0.15) is 16.1 Å². The largest absolute Gasteiger partial charge is 0.379 e. The normalized spacial score (nSPS) is 16.1. The molecule has 0 atom stereocenters. The molecule has 0 saturated carbocycles. The minimum absolute atomic E-state index is 0.0712. The Morgan fingerprint density at radius 3 is 2.95 bits per heavy atom. The summed E-state index contributed by atoms with van der Waals surface area (Å²) in [6, 6.07) is 5.62. The van der Waals surface area contributed by atoms with E-state index in [1.165, 1.54) is 0 Å². The molecule has 1 amide bonds. The second-order valence-corrected chi connectivity index (χ2v) is 5.96. The standard InChI is InChI=1S/C16H20ClN3O2/c1-11-13-3-2-12(17)10-14(13)19-15(11)16(21)18-4-5-20-6-8-22-9-7-20/h2-3,10,19H,4-9H2,1H3,(H,18,21). The number of H-pyrrole nitrogens is 1. The van der Waals surface area contributed by atoms with E-state index < -0.39 is 0 Å². The van der Waals surface area contributed by atoms with Crippen LogP contribution in [-0.4, -0.2) is 55.2 Å². The van der Waals surface area contributed by atoms with Gasteiger partial charge in [-0.3, -0.25) is 9.69 Å². The number of hydrogen-bond acceptors (Lipinski definition) is 3. The van der Waals surface area contributed by atoms with Crippen molar-refractivity contribution in [3.63, 3.8) is 0 Å². The zero-order chi connectivity index (χ0) is 15.5. The van der Waals surface area contributed by atoms with E-state index in [-0.39, 0.29) is 5.91 Å². The fourth-order valence-corrected chi connectivity index (χ4v) is 2.95. The summed E-state index contributed by atoms with van der Waals surface area (Å²) < 4.78 is 5.31. The fraction of sp³-hybridized carbons (Fsp3) is 0.438. The number of aryl methyl sites for hydroxylation is 1. The number of nitrogens with one attached hydrogen (secondary N) is 2. The third-order valence-corrected chi connectivity index (χ3v) is 4.30. The number of fused-ring (bicyclic) bond motifs is 1. The van der Waals surface area contributed by atoms with Gasteiger partial charge >= 0.3 is 0 Å². The molecule has 1 aromatic heterocycles. The number of carbonyl (C=O) groups is 1. The quantitative estimate of drug-likeness (QED) is 0.907. The smallest absolute Gasteiger partial charge is 0.268 e. The van der Waals surface area contributed by atoms with Crippen LogP contribution in [0.15, 0.2) is 18.2 Å². The molecular weight excluding hydrogens is 302 g/mol. The minimum atomic E-state index is -0.0712. The lowest BCUT2D eigenvalue weighted by molar-refractivity contribution is 0.0383. The first-order chi connectivity index (χ1) is 10.6. The van der Waals surface area contributed by atoms with Gasteiger partial charge in [-0.15, -0.1) is 0 Å². The number of amides is 1. The van der Waals surface area contributed by atoms with Gasteiger partial charge in [-0.2, -0.15) is 0 Å². The Morgan fingerprint density at radius 2 is 2.18 bits per heavy atom. The maximum Gasteiger partial charge on any atom is 0.268 e. The van der Waals surface area contributed by atoms with Crippen LogP contribution >= 0.6 is 11.6 Å². The van der Waals surface area contributed by atoms with Gasteiger partial charge in [-0.1, -0.05) is 17.7 Å². The predicted octanol–water partition coefficient (Wildman–Crippen LogP) is 2.19. The molecular formula is C16H20ClN3O2. The molecule has 2 N–H and O–H groups in total. The van der Waals surface area contributed by atoms with Gasteiger partial charge in [0.25, 0.3) is 5.91 Å². The molecule has 3 rings (SSSR count). The Bertz CT molecular complexity index is 677. The van der Waals surface area contributed by atoms with Crippen molar-refractivity contribution in [2.45, 2.75) is 6.92 Å². The number of benzene rings is 1. The van der Waals surface area contributed by atoms with Crippen LogP contribution in [0, 0.1) is 6.92 Å². The summed E-state index contributed by atoms with van der Waals surface area (Å²) in [6.07, 6.45) is 0. The van der Waals surface area contributed by atoms with E-state index in [1.807, 2.05) is 25.1 Å². The SMILES string of the molecule is Cc1c(C(=O)NCCN2CCOCC2)[nH]c2cc(Cl)ccc12. The number of morpholine rings is 1. The maximum atomic E-state index is 12.3. The van der Waals surface area contributed by atoms with Crippen molar-refractivity contribution in [2.75, 3.05) is 39.4 Å². The van der Waals surface area contributed by atoms with Gasteiger partial charge in [0.2, 0.25) is 0 Å². The molecule has 1 fully saturated rings. The highest BCUT2D eigenvalue weighted by atomic mass is 35.5. The topological polar surface area (TPSA) is 57.4 Å². The lowest BCUT2D eigenvalue weighted by Crippen LogP contribution is -2.41. The summed E-state index contributed by atoms with van der Waals surface area (Å²) >= 11 is 5.99. The first-order valence-electron chi connectivity index (χ1n) is 7.51. The van der Waals surface area contributed by atoms with E-state index in [0.29, 0.717) is 17.3 Å². The van der Waals surface area contributed by atoms with E-state index in [9.17, 15) is 4.79 Å². The molecule has 0 radical (unpaired) electrons. The van der Waals surface area contributed by atoms with Gasteiger partial charge in [0, 0.05) is 42.1 Å². The molecule has 0 bridgehead atoms. The van der Waals surface area contributed by atoms with Crippen LogP contribution in [0.2, 0.25) is 5.02 Å². The molecule has 0 unspecified atom stereocenters. The highest BCUT2D eigenvalue weighted by Crippen LogP contribution is 2.24. The van der Waals surface area contributed by atoms with Gasteiger partial charge < -0.3 is 15.0 Å². The predicted molar refractivity (Wildman–Crippen MR) is 87.6 cm³/mol. The molecule has 1 aromatic carbocycles. The first kappa shape index (κ1) is 15.3. The number of carbonyl (C=O) groups excluding carboxylic acids is 1. The Morgan fingerprint density at radius 1 is 1.41 bits per heavy atom. The molecule has 1 aliphatic rings. The summed E-state index contributed by atoms with van der Waals surface area (Å²) in [5.74, 6) is -0.0712. The summed E-state index contributed by atoms with van der Waals surface area (Å²) in [7, 11) is 0. The number of halogens is 1. The summed E-state index contributed by atoms with van der Waals surface area (Å²) in [5.41, 5.74) is 2.46. The summed E-state index contributed by atoms with van der Waals surface area (Å²) in [6.45, 7) is 6.84. The van der Waals surface area contributed by atoms with E-state index in [0.717, 1.165) is 49.3 Å².